The van der Waals surface area contributed by atoms with E-state index in [1.165, 1.54) is 6.26 Å². The van der Waals surface area contributed by atoms with Crippen LogP contribution in [0.25, 0.3) is 0 Å². The highest BCUT2D eigenvalue weighted by molar-refractivity contribution is 7.98. The van der Waals surface area contributed by atoms with Crippen molar-refractivity contribution in [3.8, 4) is 6.07 Å². The summed E-state index contributed by atoms with van der Waals surface area (Å²) in [5, 5.41) is 8.37. The fourth-order valence-electron chi connectivity index (χ4n) is 0.719. The fraction of sp³-hybridized carbons (Fsp3) is 0.286. The molecule has 0 spiro atoms. The van der Waals surface area contributed by atoms with Gasteiger partial charge in [-0.25, -0.2) is 9.97 Å². The van der Waals surface area contributed by atoms with Crippen molar-refractivity contribution in [3.63, 3.8) is 0 Å². The second kappa shape index (κ2) is 3.84. The maximum absolute atomic E-state index is 12.2. The van der Waals surface area contributed by atoms with E-state index in [1.54, 1.807) is 6.07 Å². The molecule has 0 unspecified atom stereocenters. The molecule has 0 amide bonds. The lowest BCUT2D eigenvalue weighted by Gasteiger charge is -2.06. The van der Waals surface area contributed by atoms with E-state index in [1.807, 2.05) is 0 Å². The van der Waals surface area contributed by atoms with Crippen LogP contribution < -0.4 is 0 Å². The maximum atomic E-state index is 12.2. The highest BCUT2D eigenvalue weighted by Crippen LogP contribution is 2.28. The molecule has 0 N–H and O–H groups in total. The van der Waals surface area contributed by atoms with Gasteiger partial charge in [-0.1, -0.05) is 11.8 Å². The molecule has 0 saturated carbocycles. The largest absolute Gasteiger partial charge is 0.433 e. The normalized spacial score (nSPS) is 11.1. The number of aromatic nitrogens is 2. The molecule has 0 aromatic carbocycles. The zero-order chi connectivity index (χ0) is 10.8. The molecule has 0 aliphatic carbocycles. The van der Waals surface area contributed by atoms with Gasteiger partial charge in [-0.15, -0.1) is 0 Å². The third-order valence-corrected chi connectivity index (χ3v) is 1.84. The predicted octanol–water partition coefficient (Wildman–Crippen LogP) is 2.09. The smallest absolute Gasteiger partial charge is 0.218 e. The van der Waals surface area contributed by atoms with Crippen molar-refractivity contribution in [2.45, 2.75) is 11.3 Å². The van der Waals surface area contributed by atoms with Crippen LogP contribution in [0.3, 0.4) is 0 Å². The minimum Gasteiger partial charge on any atom is -0.218 e. The summed E-state index contributed by atoms with van der Waals surface area (Å²) in [6.45, 7) is 0. The number of hydrogen-bond donors (Lipinski definition) is 0. The summed E-state index contributed by atoms with van der Waals surface area (Å²) in [6, 6.07) is 2.17. The highest BCUT2D eigenvalue weighted by atomic mass is 32.2. The molecule has 1 aromatic heterocycles. The third-order valence-electron chi connectivity index (χ3n) is 1.29. The van der Waals surface area contributed by atoms with Crippen molar-refractivity contribution in [1.29, 1.82) is 5.26 Å². The molecule has 3 nitrogen and oxygen atoms in total. The molecule has 0 saturated heterocycles. The van der Waals surface area contributed by atoms with Crippen molar-refractivity contribution in [1.82, 2.24) is 9.97 Å². The van der Waals surface area contributed by atoms with Crippen LogP contribution in [0, 0.1) is 11.3 Å². The van der Waals surface area contributed by atoms with Gasteiger partial charge in [-0.2, -0.15) is 18.4 Å². The van der Waals surface area contributed by atoms with Crippen LogP contribution in [-0.4, -0.2) is 16.2 Å². The summed E-state index contributed by atoms with van der Waals surface area (Å²) in [5.41, 5.74) is -1.37. The van der Waals surface area contributed by atoms with Crippen LogP contribution in [0.5, 0.6) is 0 Å². The second-order valence-corrected chi connectivity index (χ2v) is 3.01. The summed E-state index contributed by atoms with van der Waals surface area (Å²) in [5.74, 6) is 0. The molecule has 0 aliphatic heterocycles. The number of nitriles is 1. The van der Waals surface area contributed by atoms with Gasteiger partial charge in [0.05, 0.1) is 0 Å². The Labute approximate surface area is 82.0 Å². The first-order valence-electron chi connectivity index (χ1n) is 3.37. The quantitative estimate of drug-likeness (QED) is 0.536. The summed E-state index contributed by atoms with van der Waals surface area (Å²) in [7, 11) is 0. The zero-order valence-electron chi connectivity index (χ0n) is 6.96. The van der Waals surface area contributed by atoms with Gasteiger partial charge < -0.3 is 0 Å². The molecule has 0 radical (unpaired) electrons. The Hall–Kier alpha value is -1.29. The van der Waals surface area contributed by atoms with Crippen LogP contribution in [0.4, 0.5) is 13.2 Å². The van der Waals surface area contributed by atoms with Gasteiger partial charge in [0, 0.05) is 6.07 Å². The van der Waals surface area contributed by atoms with Crippen LogP contribution in [0.2, 0.25) is 0 Å². The van der Waals surface area contributed by atoms with E-state index in [-0.39, 0.29) is 10.9 Å². The Morgan fingerprint density at radius 2 is 2.07 bits per heavy atom. The summed E-state index contributed by atoms with van der Waals surface area (Å²) >= 11 is 0.955. The van der Waals surface area contributed by atoms with E-state index >= 15 is 0 Å². The Morgan fingerprint density at radius 1 is 1.43 bits per heavy atom. The SMILES string of the molecule is CSc1nc(C#N)cc(C(F)(F)F)n1. The van der Waals surface area contributed by atoms with Crippen LogP contribution in [-0.2, 0) is 6.18 Å². The van der Waals surface area contributed by atoms with E-state index in [0.717, 1.165) is 11.8 Å². The first-order chi connectivity index (χ1) is 6.47. The summed E-state index contributed by atoms with van der Waals surface area (Å²) in [4.78, 5) is 6.82. The molecule has 7 heteroatoms. The number of rotatable bonds is 1. The van der Waals surface area contributed by atoms with Gasteiger partial charge in [-0.3, -0.25) is 0 Å². The first-order valence-corrected chi connectivity index (χ1v) is 4.60. The number of alkyl halides is 3. The lowest BCUT2D eigenvalue weighted by molar-refractivity contribution is -0.141. The Kier molecular flexibility index (Phi) is 2.96. The topological polar surface area (TPSA) is 49.6 Å². The molecule has 74 valence electrons. The lowest BCUT2D eigenvalue weighted by Crippen LogP contribution is -2.10. The lowest BCUT2D eigenvalue weighted by atomic mass is 10.3. The molecule has 1 rings (SSSR count). The van der Waals surface area contributed by atoms with Gasteiger partial charge >= 0.3 is 6.18 Å². The van der Waals surface area contributed by atoms with Crippen molar-refractivity contribution in [3.05, 3.63) is 17.5 Å². The predicted molar refractivity (Wildman–Crippen MR) is 43.5 cm³/mol. The van der Waals surface area contributed by atoms with Crippen molar-refractivity contribution in [2.24, 2.45) is 0 Å². The maximum Gasteiger partial charge on any atom is 0.433 e. The molecule has 0 bridgehead atoms. The average Bonchev–Trinajstić information content (AvgIpc) is 2.15. The molecule has 14 heavy (non-hydrogen) atoms. The van der Waals surface area contributed by atoms with Crippen molar-refractivity contribution in [2.75, 3.05) is 6.26 Å². The van der Waals surface area contributed by atoms with Crippen LogP contribution in [0.1, 0.15) is 11.4 Å². The molecular formula is C7H4F3N3S. The Bertz CT molecular complexity index is 383. The fourth-order valence-corrected chi connectivity index (χ4v) is 1.10. The Balaban J connectivity index is 3.26. The van der Waals surface area contributed by atoms with Gasteiger partial charge in [0.1, 0.15) is 17.5 Å². The number of thioether (sulfide) groups is 1. The van der Waals surface area contributed by atoms with E-state index in [4.69, 9.17) is 5.26 Å². The first kappa shape index (κ1) is 10.8. The van der Waals surface area contributed by atoms with Gasteiger partial charge in [-0.05, 0) is 6.26 Å². The van der Waals surface area contributed by atoms with Crippen molar-refractivity contribution >= 4 is 11.8 Å². The highest BCUT2D eigenvalue weighted by Gasteiger charge is 2.33. The number of halogens is 3. The number of nitrogens with zero attached hydrogens (tertiary/aromatic N) is 3. The molecule has 0 fully saturated rings. The van der Waals surface area contributed by atoms with Gasteiger partial charge in [0.2, 0.25) is 0 Å². The van der Waals surface area contributed by atoms with Crippen molar-refractivity contribution < 1.29 is 13.2 Å². The zero-order valence-corrected chi connectivity index (χ0v) is 7.78. The van der Waals surface area contributed by atoms with E-state index < -0.39 is 11.9 Å². The minimum atomic E-state index is -4.54. The van der Waals surface area contributed by atoms with E-state index in [2.05, 4.69) is 9.97 Å². The van der Waals surface area contributed by atoms with Crippen LogP contribution >= 0.6 is 11.8 Å². The molecule has 1 aromatic rings. The van der Waals surface area contributed by atoms with E-state index in [9.17, 15) is 13.2 Å². The minimum absolute atomic E-state index is 0.0589. The molecule has 0 aliphatic rings. The number of hydrogen-bond acceptors (Lipinski definition) is 4. The molecular weight excluding hydrogens is 215 g/mol. The van der Waals surface area contributed by atoms with E-state index in [0.29, 0.717) is 6.07 Å². The van der Waals surface area contributed by atoms with Gasteiger partial charge in [0.15, 0.2) is 5.16 Å². The summed E-state index contributed by atoms with van der Waals surface area (Å²) < 4.78 is 36.6. The Morgan fingerprint density at radius 3 is 2.50 bits per heavy atom. The monoisotopic (exact) mass is 219 g/mol. The summed E-state index contributed by atoms with van der Waals surface area (Å²) in [6.07, 6.45) is -3.00. The molecule has 0 atom stereocenters. The van der Waals surface area contributed by atoms with Gasteiger partial charge in [0.25, 0.3) is 0 Å². The average molecular weight is 219 g/mol. The standard InChI is InChI=1S/C7H4F3N3S/c1-14-6-12-4(3-11)2-5(13-6)7(8,9)10/h2H,1H3. The van der Waals surface area contributed by atoms with Crippen LogP contribution in [0.15, 0.2) is 11.2 Å². The third kappa shape index (κ3) is 2.35. The second-order valence-electron chi connectivity index (χ2n) is 2.23. The molecule has 1 heterocycles.